The summed E-state index contributed by atoms with van der Waals surface area (Å²) >= 11 is 0. The van der Waals surface area contributed by atoms with Gasteiger partial charge in [-0.25, -0.2) is 5.43 Å². The second-order valence-electron chi connectivity index (χ2n) is 2.67. The van der Waals surface area contributed by atoms with Crippen LogP contribution in [-0.2, 0) is 0 Å². The predicted octanol–water partition coefficient (Wildman–Crippen LogP) is 1.30. The van der Waals surface area contributed by atoms with Crippen LogP contribution in [0.25, 0.3) is 0 Å². The van der Waals surface area contributed by atoms with Gasteiger partial charge in [-0.1, -0.05) is 0 Å². The first-order valence-corrected chi connectivity index (χ1v) is 3.78. The summed E-state index contributed by atoms with van der Waals surface area (Å²) in [5, 5.41) is 1.34. The Hall–Kier alpha value is -1.04. The predicted molar refractivity (Wildman–Crippen MR) is 43.0 cm³/mol. The highest BCUT2D eigenvalue weighted by atomic mass is 19.4. The Kier molecular flexibility index (Phi) is 2.92. The van der Waals surface area contributed by atoms with Gasteiger partial charge < -0.3 is 5.01 Å². The molecular formula is C7H10F3N3. The van der Waals surface area contributed by atoms with Crippen molar-refractivity contribution in [3.63, 3.8) is 0 Å². The molecule has 0 saturated carbocycles. The van der Waals surface area contributed by atoms with Crippen LogP contribution in [0.15, 0.2) is 17.4 Å². The molecule has 1 aliphatic heterocycles. The van der Waals surface area contributed by atoms with Gasteiger partial charge in [-0.05, 0) is 6.92 Å². The van der Waals surface area contributed by atoms with Crippen molar-refractivity contribution in [2.45, 2.75) is 19.1 Å². The Balaban J connectivity index is 2.41. The first kappa shape index (κ1) is 10.0. The molecule has 1 unspecified atom stereocenters. The summed E-state index contributed by atoms with van der Waals surface area (Å²) in [6.07, 6.45) is 0.195. The monoisotopic (exact) mass is 193 g/mol. The van der Waals surface area contributed by atoms with Crippen molar-refractivity contribution in [3.8, 4) is 0 Å². The molecule has 3 nitrogen and oxygen atoms in total. The van der Waals surface area contributed by atoms with Crippen molar-refractivity contribution in [2.75, 3.05) is 6.54 Å². The molecule has 74 valence electrons. The van der Waals surface area contributed by atoms with Gasteiger partial charge in [0.25, 0.3) is 0 Å². The summed E-state index contributed by atoms with van der Waals surface area (Å²) in [5.74, 6) is 0. The Morgan fingerprint density at radius 3 is 2.69 bits per heavy atom. The van der Waals surface area contributed by atoms with E-state index < -0.39 is 12.2 Å². The van der Waals surface area contributed by atoms with Gasteiger partial charge in [-0.15, -0.1) is 0 Å². The van der Waals surface area contributed by atoms with Gasteiger partial charge in [0.2, 0.25) is 0 Å². The minimum absolute atomic E-state index is 0.344. The Labute approximate surface area is 73.9 Å². The molecule has 1 heterocycles. The molecule has 0 aliphatic carbocycles. The highest BCUT2D eigenvalue weighted by Gasteiger charge is 2.36. The number of hydrogen-bond donors (Lipinski definition) is 1. The van der Waals surface area contributed by atoms with E-state index in [0.29, 0.717) is 6.54 Å². The van der Waals surface area contributed by atoms with E-state index in [1.807, 2.05) is 0 Å². The minimum atomic E-state index is -4.22. The lowest BCUT2D eigenvalue weighted by molar-refractivity contribution is -0.160. The molecule has 0 radical (unpaired) electrons. The largest absolute Gasteiger partial charge is 0.405 e. The first-order valence-electron chi connectivity index (χ1n) is 3.78. The first-order chi connectivity index (χ1) is 6.00. The maximum atomic E-state index is 12.1. The fraction of sp³-hybridized carbons (Fsp3) is 0.571. The SMILES string of the molecule is CC(NN1C=CN=CC1)C(F)(F)F. The van der Waals surface area contributed by atoms with E-state index in [1.165, 1.54) is 23.6 Å². The van der Waals surface area contributed by atoms with Crippen LogP contribution in [0.1, 0.15) is 6.92 Å². The average Bonchev–Trinajstić information content (AvgIpc) is 2.04. The summed E-state index contributed by atoms with van der Waals surface area (Å²) in [5.41, 5.74) is 2.29. The molecule has 1 rings (SSSR count). The van der Waals surface area contributed by atoms with Gasteiger partial charge in [0.15, 0.2) is 0 Å². The Morgan fingerprint density at radius 1 is 1.54 bits per heavy atom. The van der Waals surface area contributed by atoms with Crippen LogP contribution in [0.2, 0.25) is 0 Å². The summed E-state index contributed by atoms with van der Waals surface area (Å²) in [6, 6.07) is -1.55. The zero-order valence-corrected chi connectivity index (χ0v) is 7.04. The quantitative estimate of drug-likeness (QED) is 0.715. The lowest BCUT2D eigenvalue weighted by Gasteiger charge is -2.26. The smallest absolute Gasteiger partial charge is 0.308 e. The topological polar surface area (TPSA) is 27.6 Å². The fourth-order valence-corrected chi connectivity index (χ4v) is 0.793. The van der Waals surface area contributed by atoms with E-state index in [-0.39, 0.29) is 0 Å². The molecule has 0 aromatic rings. The highest BCUT2D eigenvalue weighted by Crippen LogP contribution is 2.19. The summed E-state index contributed by atoms with van der Waals surface area (Å²) in [7, 11) is 0. The Bertz CT molecular complexity index is 222. The zero-order valence-electron chi connectivity index (χ0n) is 7.04. The number of halogens is 3. The molecule has 0 aromatic carbocycles. The van der Waals surface area contributed by atoms with Crippen molar-refractivity contribution in [2.24, 2.45) is 4.99 Å². The molecule has 0 bridgehead atoms. The summed E-state index contributed by atoms with van der Waals surface area (Å²) in [4.78, 5) is 3.73. The van der Waals surface area contributed by atoms with E-state index in [4.69, 9.17) is 0 Å². The number of nitrogens with zero attached hydrogens (tertiary/aromatic N) is 2. The van der Waals surface area contributed by atoms with Crippen molar-refractivity contribution in [3.05, 3.63) is 12.4 Å². The van der Waals surface area contributed by atoms with Crippen LogP contribution in [0.3, 0.4) is 0 Å². The van der Waals surface area contributed by atoms with E-state index in [2.05, 4.69) is 10.4 Å². The lowest BCUT2D eigenvalue weighted by atomic mass is 10.3. The summed E-state index contributed by atoms with van der Waals surface area (Å²) in [6.45, 7) is 1.41. The molecule has 0 aromatic heterocycles. The molecule has 0 saturated heterocycles. The molecule has 0 fully saturated rings. The van der Waals surface area contributed by atoms with E-state index in [1.54, 1.807) is 0 Å². The molecule has 0 spiro atoms. The van der Waals surface area contributed by atoms with Gasteiger partial charge in [-0.2, -0.15) is 13.2 Å². The molecule has 1 atom stereocenters. The van der Waals surface area contributed by atoms with Crippen molar-refractivity contribution < 1.29 is 13.2 Å². The van der Waals surface area contributed by atoms with Gasteiger partial charge in [-0.3, -0.25) is 4.99 Å². The molecular weight excluding hydrogens is 183 g/mol. The summed E-state index contributed by atoms with van der Waals surface area (Å²) < 4.78 is 36.2. The number of hydrogen-bond acceptors (Lipinski definition) is 3. The van der Waals surface area contributed by atoms with Gasteiger partial charge in [0, 0.05) is 18.6 Å². The second-order valence-corrected chi connectivity index (χ2v) is 2.67. The number of nitrogens with one attached hydrogen (secondary N) is 1. The number of alkyl halides is 3. The maximum absolute atomic E-state index is 12.1. The van der Waals surface area contributed by atoms with E-state index >= 15 is 0 Å². The van der Waals surface area contributed by atoms with Crippen LogP contribution >= 0.6 is 0 Å². The third-order valence-electron chi connectivity index (χ3n) is 1.57. The fourth-order valence-electron chi connectivity index (χ4n) is 0.793. The van der Waals surface area contributed by atoms with Gasteiger partial charge in [0.1, 0.15) is 6.04 Å². The van der Waals surface area contributed by atoms with Crippen LogP contribution in [-0.4, -0.2) is 30.0 Å². The molecule has 6 heteroatoms. The normalized spacial score (nSPS) is 19.2. The van der Waals surface area contributed by atoms with Crippen molar-refractivity contribution in [1.82, 2.24) is 10.4 Å². The minimum Gasteiger partial charge on any atom is -0.308 e. The van der Waals surface area contributed by atoms with Gasteiger partial charge >= 0.3 is 6.18 Å². The van der Waals surface area contributed by atoms with Crippen LogP contribution in [0.5, 0.6) is 0 Å². The second kappa shape index (κ2) is 3.78. The third kappa shape index (κ3) is 3.06. The number of aliphatic imine (C=N–C) groups is 1. The molecule has 13 heavy (non-hydrogen) atoms. The van der Waals surface area contributed by atoms with Crippen LogP contribution < -0.4 is 5.43 Å². The zero-order chi connectivity index (χ0) is 9.90. The molecule has 1 aliphatic rings. The standard InChI is InChI=1S/C7H10F3N3/c1-6(7(8,9)10)12-13-4-2-11-3-5-13/h2-4,6,12H,5H2,1H3. The molecule has 1 N–H and O–H groups in total. The highest BCUT2D eigenvalue weighted by molar-refractivity contribution is 5.61. The van der Waals surface area contributed by atoms with Crippen molar-refractivity contribution >= 4 is 6.21 Å². The van der Waals surface area contributed by atoms with Crippen LogP contribution in [0, 0.1) is 0 Å². The van der Waals surface area contributed by atoms with E-state index in [9.17, 15) is 13.2 Å². The van der Waals surface area contributed by atoms with E-state index in [0.717, 1.165) is 6.92 Å². The average molecular weight is 193 g/mol. The number of rotatable bonds is 2. The van der Waals surface area contributed by atoms with Crippen molar-refractivity contribution in [1.29, 1.82) is 0 Å². The lowest BCUT2D eigenvalue weighted by Crippen LogP contribution is -2.48. The number of hydrazine groups is 1. The Morgan fingerprint density at radius 2 is 2.23 bits per heavy atom. The van der Waals surface area contributed by atoms with Gasteiger partial charge in [0.05, 0.1) is 6.54 Å². The van der Waals surface area contributed by atoms with Crippen LogP contribution in [0.4, 0.5) is 13.2 Å². The third-order valence-corrected chi connectivity index (χ3v) is 1.57. The maximum Gasteiger partial charge on any atom is 0.405 e. The molecule has 0 amide bonds.